The maximum absolute atomic E-state index is 12.0. The van der Waals surface area contributed by atoms with Crippen LogP contribution in [0.3, 0.4) is 0 Å². The molecule has 4 nitrogen and oxygen atoms in total. The van der Waals surface area contributed by atoms with E-state index in [0.717, 1.165) is 5.69 Å². The lowest BCUT2D eigenvalue weighted by Crippen LogP contribution is -2.12. The number of phenols is 1. The smallest absolute Gasteiger partial charge is 0.259 e. The van der Waals surface area contributed by atoms with E-state index in [1.807, 2.05) is 19.2 Å². The number of anilines is 1. The number of hydrogen-bond acceptors (Lipinski definition) is 4. The van der Waals surface area contributed by atoms with Crippen molar-refractivity contribution >= 4 is 34.0 Å². The van der Waals surface area contributed by atoms with Crippen molar-refractivity contribution in [2.24, 2.45) is 0 Å². The fraction of sp³-hybridized carbons (Fsp3) is 0.231. The minimum absolute atomic E-state index is 0.00319. The van der Waals surface area contributed by atoms with Crippen LogP contribution in [0.15, 0.2) is 23.6 Å². The number of aromatic hydroxyl groups is 1. The first kappa shape index (κ1) is 13.8. The zero-order valence-electron chi connectivity index (χ0n) is 10.5. The molecule has 19 heavy (non-hydrogen) atoms. The maximum atomic E-state index is 12.0. The molecule has 1 aromatic heterocycles. The summed E-state index contributed by atoms with van der Waals surface area (Å²) in [5.74, 6) is -0.0756. The second-order valence-electron chi connectivity index (χ2n) is 4.35. The van der Waals surface area contributed by atoms with Crippen molar-refractivity contribution in [2.45, 2.75) is 19.8 Å². The summed E-state index contributed by atoms with van der Waals surface area (Å²) in [4.78, 5) is 16.3. The molecule has 0 atom stereocenters. The molecule has 0 aliphatic carbocycles. The zero-order chi connectivity index (χ0) is 14.0. The van der Waals surface area contributed by atoms with Gasteiger partial charge < -0.3 is 5.11 Å². The molecule has 1 heterocycles. The summed E-state index contributed by atoms with van der Waals surface area (Å²) >= 11 is 7.29. The van der Waals surface area contributed by atoms with Crippen LogP contribution in [0, 0.1) is 0 Å². The molecular formula is C13H13ClN2O2S. The molecule has 1 amide bonds. The van der Waals surface area contributed by atoms with Crippen LogP contribution in [0.4, 0.5) is 5.13 Å². The Bertz CT molecular complexity index is 610. The number of benzene rings is 1. The molecule has 2 N–H and O–H groups in total. The van der Waals surface area contributed by atoms with Crippen LogP contribution in [0.2, 0.25) is 5.02 Å². The van der Waals surface area contributed by atoms with E-state index in [1.165, 1.54) is 29.5 Å². The number of aromatic nitrogens is 1. The van der Waals surface area contributed by atoms with E-state index in [-0.39, 0.29) is 22.2 Å². The van der Waals surface area contributed by atoms with Gasteiger partial charge in [-0.25, -0.2) is 4.98 Å². The predicted octanol–water partition coefficient (Wildman–Crippen LogP) is 3.88. The highest BCUT2D eigenvalue weighted by Gasteiger charge is 2.14. The van der Waals surface area contributed by atoms with Crippen molar-refractivity contribution < 1.29 is 9.90 Å². The first-order valence-corrected chi connectivity index (χ1v) is 6.98. The van der Waals surface area contributed by atoms with Gasteiger partial charge >= 0.3 is 0 Å². The fourth-order valence-electron chi connectivity index (χ4n) is 1.46. The third kappa shape index (κ3) is 3.24. The molecule has 0 saturated carbocycles. The third-order valence-electron chi connectivity index (χ3n) is 2.53. The average molecular weight is 297 g/mol. The largest absolute Gasteiger partial charge is 0.508 e. The van der Waals surface area contributed by atoms with E-state index in [4.69, 9.17) is 11.6 Å². The number of rotatable bonds is 3. The Morgan fingerprint density at radius 1 is 1.47 bits per heavy atom. The van der Waals surface area contributed by atoms with Crippen molar-refractivity contribution in [1.29, 1.82) is 0 Å². The highest BCUT2D eigenvalue weighted by Crippen LogP contribution is 2.25. The molecule has 2 rings (SSSR count). The summed E-state index contributed by atoms with van der Waals surface area (Å²) in [6.07, 6.45) is 0. The van der Waals surface area contributed by atoms with Crippen LogP contribution in [0.25, 0.3) is 0 Å². The monoisotopic (exact) mass is 296 g/mol. The van der Waals surface area contributed by atoms with Crippen molar-refractivity contribution in [3.63, 3.8) is 0 Å². The van der Waals surface area contributed by atoms with Gasteiger partial charge in [-0.1, -0.05) is 25.4 Å². The summed E-state index contributed by atoms with van der Waals surface area (Å²) < 4.78 is 0. The predicted molar refractivity (Wildman–Crippen MR) is 77.3 cm³/mol. The second-order valence-corrected chi connectivity index (χ2v) is 5.62. The molecule has 0 spiro atoms. The fourth-order valence-corrected chi connectivity index (χ4v) is 2.53. The molecule has 0 bridgehead atoms. The average Bonchev–Trinajstić information content (AvgIpc) is 2.80. The molecule has 100 valence electrons. The van der Waals surface area contributed by atoms with Crippen LogP contribution in [-0.2, 0) is 0 Å². The molecule has 0 aliphatic heterocycles. The second kappa shape index (κ2) is 5.59. The van der Waals surface area contributed by atoms with Crippen molar-refractivity contribution in [3.05, 3.63) is 39.9 Å². The maximum Gasteiger partial charge on any atom is 0.259 e. The number of phenolic OH excluding ortho intramolecular Hbond substituents is 1. The molecule has 2 aromatic rings. The summed E-state index contributed by atoms with van der Waals surface area (Å²) in [5.41, 5.74) is 1.16. The normalized spacial score (nSPS) is 10.7. The van der Waals surface area contributed by atoms with Crippen molar-refractivity contribution in [2.75, 3.05) is 5.32 Å². The van der Waals surface area contributed by atoms with Crippen molar-refractivity contribution in [3.8, 4) is 5.75 Å². The first-order valence-electron chi connectivity index (χ1n) is 5.72. The van der Waals surface area contributed by atoms with Gasteiger partial charge in [-0.05, 0) is 24.1 Å². The SMILES string of the molecule is CC(C)c1csc(NC(=O)c2cc(O)ccc2Cl)n1. The minimum Gasteiger partial charge on any atom is -0.508 e. The number of nitrogens with one attached hydrogen (secondary N) is 1. The van der Waals surface area contributed by atoms with Crippen LogP contribution in [-0.4, -0.2) is 16.0 Å². The van der Waals surface area contributed by atoms with Gasteiger partial charge in [-0.15, -0.1) is 11.3 Å². The van der Waals surface area contributed by atoms with Gasteiger partial charge in [0.1, 0.15) is 5.75 Å². The van der Waals surface area contributed by atoms with Crippen LogP contribution < -0.4 is 5.32 Å². The Morgan fingerprint density at radius 2 is 2.21 bits per heavy atom. The zero-order valence-corrected chi connectivity index (χ0v) is 12.0. The Hall–Kier alpha value is -1.59. The standard InChI is InChI=1S/C13H13ClN2O2S/c1-7(2)11-6-19-13(15-11)16-12(18)9-5-8(17)3-4-10(9)14/h3-7,17H,1-2H3,(H,15,16,18). The van der Waals surface area contributed by atoms with Gasteiger partial charge in [0, 0.05) is 5.38 Å². The van der Waals surface area contributed by atoms with Gasteiger partial charge in [0.25, 0.3) is 5.91 Å². The van der Waals surface area contributed by atoms with E-state index in [0.29, 0.717) is 11.0 Å². The number of nitrogens with zero attached hydrogens (tertiary/aromatic N) is 1. The lowest BCUT2D eigenvalue weighted by Gasteiger charge is -2.04. The highest BCUT2D eigenvalue weighted by molar-refractivity contribution is 7.14. The quantitative estimate of drug-likeness (QED) is 0.903. The number of amides is 1. The van der Waals surface area contributed by atoms with E-state index in [9.17, 15) is 9.90 Å². The Morgan fingerprint density at radius 3 is 2.84 bits per heavy atom. The van der Waals surface area contributed by atoms with Gasteiger partial charge in [-0.3, -0.25) is 10.1 Å². The number of carbonyl (C=O) groups excluding carboxylic acids is 1. The highest BCUT2D eigenvalue weighted by atomic mass is 35.5. The molecular weight excluding hydrogens is 284 g/mol. The van der Waals surface area contributed by atoms with Crippen LogP contribution in [0.1, 0.15) is 35.8 Å². The first-order chi connectivity index (χ1) is 8.97. The van der Waals surface area contributed by atoms with Crippen LogP contribution in [0.5, 0.6) is 5.75 Å². The molecule has 0 saturated heterocycles. The summed E-state index contributed by atoms with van der Waals surface area (Å²) in [5, 5.41) is 14.8. The topological polar surface area (TPSA) is 62.2 Å². The van der Waals surface area contributed by atoms with E-state index >= 15 is 0 Å². The van der Waals surface area contributed by atoms with Gasteiger partial charge in [0.15, 0.2) is 5.13 Å². The lowest BCUT2D eigenvalue weighted by atomic mass is 10.2. The molecule has 0 aliphatic rings. The van der Waals surface area contributed by atoms with Crippen LogP contribution >= 0.6 is 22.9 Å². The van der Waals surface area contributed by atoms with E-state index < -0.39 is 0 Å². The van der Waals surface area contributed by atoms with E-state index in [2.05, 4.69) is 10.3 Å². The molecule has 6 heteroatoms. The van der Waals surface area contributed by atoms with Gasteiger partial charge in [0.05, 0.1) is 16.3 Å². The van der Waals surface area contributed by atoms with Gasteiger partial charge in [-0.2, -0.15) is 0 Å². The molecule has 1 aromatic carbocycles. The lowest BCUT2D eigenvalue weighted by molar-refractivity contribution is 0.102. The Kier molecular flexibility index (Phi) is 4.07. The number of carbonyl (C=O) groups is 1. The molecule has 0 unspecified atom stereocenters. The molecule has 0 fully saturated rings. The summed E-state index contributed by atoms with van der Waals surface area (Å²) in [6, 6.07) is 4.24. The third-order valence-corrected chi connectivity index (χ3v) is 3.63. The van der Waals surface area contributed by atoms with E-state index in [1.54, 1.807) is 0 Å². The summed E-state index contributed by atoms with van der Waals surface area (Å²) in [7, 11) is 0. The minimum atomic E-state index is -0.384. The molecule has 0 radical (unpaired) electrons. The number of halogens is 1. The van der Waals surface area contributed by atoms with Crippen molar-refractivity contribution in [1.82, 2.24) is 4.98 Å². The number of hydrogen-bond donors (Lipinski definition) is 2. The number of thiazole rings is 1. The Balaban J connectivity index is 2.18. The Labute approximate surface area is 120 Å². The summed E-state index contributed by atoms with van der Waals surface area (Å²) in [6.45, 7) is 4.07. The van der Waals surface area contributed by atoms with Gasteiger partial charge in [0.2, 0.25) is 0 Å².